The Morgan fingerprint density at radius 2 is 1.78 bits per heavy atom. The number of carbonyl (C=O) groups excluding carboxylic acids is 3. The van der Waals surface area contributed by atoms with Crippen LogP contribution in [0.25, 0.3) is 16.7 Å². The normalized spacial score (nSPS) is 17.5. The fourth-order valence-electron chi connectivity index (χ4n) is 3.93. The number of benzene rings is 2. The largest absolute Gasteiger partial charge is 0.342 e. The quantitative estimate of drug-likeness (QED) is 0.261. The number of fused-ring (bicyclic) bond motifs is 1. The van der Waals surface area contributed by atoms with Gasteiger partial charge in [0.25, 0.3) is 5.91 Å². The Morgan fingerprint density at radius 3 is 2.50 bits per heavy atom. The molecule has 2 atom stereocenters. The Balaban J connectivity index is 1.41. The molecule has 4 amide bonds. The summed E-state index contributed by atoms with van der Waals surface area (Å²) in [5.41, 5.74) is 2.58. The zero-order valence-electron chi connectivity index (χ0n) is 19.3. The first-order valence-corrected chi connectivity index (χ1v) is 12.3. The van der Waals surface area contributed by atoms with Gasteiger partial charge in [-0.05, 0) is 24.6 Å². The number of para-hydroxylation sites is 1. The highest BCUT2D eigenvalue weighted by atomic mass is 32.2. The van der Waals surface area contributed by atoms with Crippen molar-refractivity contribution in [2.75, 3.05) is 5.75 Å². The molecular weight excluding hydrogens is 478 g/mol. The number of nitrogens with one attached hydrogen (secondary N) is 3. The van der Waals surface area contributed by atoms with Crippen molar-refractivity contribution >= 4 is 40.6 Å². The Labute approximate surface area is 210 Å². The number of amides is 4. The van der Waals surface area contributed by atoms with Crippen LogP contribution in [-0.2, 0) is 16.0 Å². The molecule has 2 aromatic heterocycles. The smallest absolute Gasteiger partial charge is 0.321 e. The van der Waals surface area contributed by atoms with Crippen LogP contribution in [0.5, 0.6) is 0 Å². The number of carbonyl (C=O) groups is 3. The average Bonchev–Trinajstić information content (AvgIpc) is 3.30. The van der Waals surface area contributed by atoms with Crippen LogP contribution in [0.15, 0.2) is 71.9 Å². The molecule has 182 valence electrons. The molecule has 2 unspecified atom stereocenters. The van der Waals surface area contributed by atoms with Crippen molar-refractivity contribution < 1.29 is 14.4 Å². The lowest BCUT2D eigenvalue weighted by Crippen LogP contribution is -2.65. The van der Waals surface area contributed by atoms with Gasteiger partial charge in [-0.25, -0.2) is 19.4 Å². The minimum atomic E-state index is -0.851. The van der Waals surface area contributed by atoms with E-state index in [0.29, 0.717) is 22.9 Å². The predicted octanol–water partition coefficient (Wildman–Crippen LogP) is 2.21. The summed E-state index contributed by atoms with van der Waals surface area (Å²) in [5, 5.41) is 13.3. The number of nitrogens with zero attached hydrogens (tertiary/aromatic N) is 4. The summed E-state index contributed by atoms with van der Waals surface area (Å²) in [7, 11) is 0. The predicted molar refractivity (Wildman–Crippen MR) is 135 cm³/mol. The number of hydrogen-bond donors (Lipinski definition) is 3. The third-order valence-electron chi connectivity index (χ3n) is 5.68. The van der Waals surface area contributed by atoms with Gasteiger partial charge in [0.05, 0.1) is 29.1 Å². The van der Waals surface area contributed by atoms with Crippen LogP contribution in [0, 0.1) is 0 Å². The zero-order chi connectivity index (χ0) is 25.1. The number of thioether (sulfide) groups is 1. The summed E-state index contributed by atoms with van der Waals surface area (Å²) >= 11 is 1.25. The van der Waals surface area contributed by atoms with E-state index in [1.807, 2.05) is 60.7 Å². The van der Waals surface area contributed by atoms with E-state index in [9.17, 15) is 14.4 Å². The average molecular weight is 502 g/mol. The summed E-state index contributed by atoms with van der Waals surface area (Å²) in [6.45, 7) is 1.66. The summed E-state index contributed by atoms with van der Waals surface area (Å²) in [6, 6.07) is 17.6. The second-order valence-electron chi connectivity index (χ2n) is 8.32. The second kappa shape index (κ2) is 10.2. The minimum Gasteiger partial charge on any atom is -0.342 e. The molecule has 1 aliphatic rings. The van der Waals surface area contributed by atoms with Gasteiger partial charge in [0.2, 0.25) is 5.91 Å². The van der Waals surface area contributed by atoms with Crippen LogP contribution in [0.2, 0.25) is 0 Å². The molecule has 10 nitrogen and oxygen atoms in total. The van der Waals surface area contributed by atoms with E-state index >= 15 is 0 Å². The van der Waals surface area contributed by atoms with E-state index in [1.54, 1.807) is 17.8 Å². The SMILES string of the molecule is CC1NC(=O)NC(=O)C1NC(=O)CSc1nc(Cc2ccccc2)nc2c1cnn2-c1ccccc1. The molecular formula is C25H23N7O3S. The first-order valence-electron chi connectivity index (χ1n) is 11.4. The molecule has 0 bridgehead atoms. The molecule has 1 fully saturated rings. The molecule has 11 heteroatoms. The van der Waals surface area contributed by atoms with Crippen molar-refractivity contribution in [1.29, 1.82) is 0 Å². The molecule has 2 aromatic carbocycles. The lowest BCUT2D eigenvalue weighted by molar-refractivity contribution is -0.128. The lowest BCUT2D eigenvalue weighted by Gasteiger charge is -2.29. The van der Waals surface area contributed by atoms with Crippen LogP contribution in [-0.4, -0.2) is 55.4 Å². The number of aromatic nitrogens is 4. The lowest BCUT2D eigenvalue weighted by atomic mass is 10.1. The van der Waals surface area contributed by atoms with Gasteiger partial charge in [-0.15, -0.1) is 0 Å². The minimum absolute atomic E-state index is 0.0256. The van der Waals surface area contributed by atoms with E-state index in [0.717, 1.165) is 16.6 Å². The topological polar surface area (TPSA) is 131 Å². The molecule has 3 heterocycles. The van der Waals surface area contributed by atoms with Crippen molar-refractivity contribution in [1.82, 2.24) is 35.7 Å². The third-order valence-corrected chi connectivity index (χ3v) is 6.67. The first kappa shape index (κ1) is 23.5. The second-order valence-corrected chi connectivity index (χ2v) is 9.29. The molecule has 0 saturated carbocycles. The fraction of sp³-hybridized carbons (Fsp3) is 0.200. The van der Waals surface area contributed by atoms with Crippen LogP contribution in [0.4, 0.5) is 4.79 Å². The molecule has 0 radical (unpaired) electrons. The van der Waals surface area contributed by atoms with Gasteiger partial charge in [0, 0.05) is 6.42 Å². The fourth-order valence-corrected chi connectivity index (χ4v) is 4.75. The highest BCUT2D eigenvalue weighted by molar-refractivity contribution is 8.00. The van der Waals surface area contributed by atoms with Gasteiger partial charge in [-0.2, -0.15) is 5.10 Å². The van der Waals surface area contributed by atoms with Crippen molar-refractivity contribution in [2.24, 2.45) is 0 Å². The van der Waals surface area contributed by atoms with Gasteiger partial charge in [0.1, 0.15) is 16.9 Å². The summed E-state index contributed by atoms with van der Waals surface area (Å²) in [5.74, 6) is -0.256. The Kier molecular flexibility index (Phi) is 6.63. The molecule has 0 spiro atoms. The van der Waals surface area contributed by atoms with Crippen molar-refractivity contribution in [2.45, 2.75) is 30.5 Å². The molecule has 1 aliphatic heterocycles. The number of imide groups is 1. The molecule has 36 heavy (non-hydrogen) atoms. The van der Waals surface area contributed by atoms with E-state index in [2.05, 4.69) is 21.0 Å². The number of urea groups is 1. The first-order chi connectivity index (χ1) is 17.5. The summed E-state index contributed by atoms with van der Waals surface area (Å²) in [4.78, 5) is 45.8. The zero-order valence-corrected chi connectivity index (χ0v) is 20.2. The van der Waals surface area contributed by atoms with Crippen LogP contribution >= 0.6 is 11.8 Å². The van der Waals surface area contributed by atoms with Crippen molar-refractivity contribution in [3.8, 4) is 5.69 Å². The monoisotopic (exact) mass is 501 g/mol. The van der Waals surface area contributed by atoms with Crippen LogP contribution in [0.3, 0.4) is 0 Å². The van der Waals surface area contributed by atoms with Gasteiger partial charge < -0.3 is 10.6 Å². The number of hydrogen-bond acceptors (Lipinski definition) is 7. The van der Waals surface area contributed by atoms with Gasteiger partial charge >= 0.3 is 6.03 Å². The highest BCUT2D eigenvalue weighted by Gasteiger charge is 2.33. The molecule has 1 saturated heterocycles. The van der Waals surface area contributed by atoms with E-state index < -0.39 is 24.0 Å². The van der Waals surface area contributed by atoms with E-state index in [-0.39, 0.29) is 11.7 Å². The third kappa shape index (κ3) is 5.05. The maximum atomic E-state index is 12.7. The summed E-state index contributed by atoms with van der Waals surface area (Å²) < 4.78 is 1.76. The summed E-state index contributed by atoms with van der Waals surface area (Å²) in [6.07, 6.45) is 2.22. The molecule has 0 aliphatic carbocycles. The Morgan fingerprint density at radius 1 is 1.06 bits per heavy atom. The maximum Gasteiger partial charge on any atom is 0.321 e. The molecule has 5 rings (SSSR count). The highest BCUT2D eigenvalue weighted by Crippen LogP contribution is 2.27. The van der Waals surface area contributed by atoms with Gasteiger partial charge in [-0.3, -0.25) is 14.9 Å². The van der Waals surface area contributed by atoms with Crippen molar-refractivity contribution in [3.05, 3.63) is 78.2 Å². The van der Waals surface area contributed by atoms with Crippen LogP contribution in [0.1, 0.15) is 18.3 Å². The Bertz CT molecular complexity index is 1430. The number of rotatable bonds is 7. The molecule has 3 N–H and O–H groups in total. The van der Waals surface area contributed by atoms with Gasteiger partial charge in [-0.1, -0.05) is 60.3 Å². The maximum absolute atomic E-state index is 12.7. The molecule has 4 aromatic rings. The standard InChI is InChI=1S/C25H23N7O3S/c1-15-21(23(34)31-25(35)27-15)30-20(33)14-36-24-18-13-26-32(17-10-6-3-7-11-17)22(18)28-19(29-24)12-16-8-4-2-5-9-16/h2-11,13,15,21H,12,14H2,1H3,(H,30,33)(H2,27,31,34,35). The van der Waals surface area contributed by atoms with E-state index in [4.69, 9.17) is 9.97 Å². The van der Waals surface area contributed by atoms with Crippen molar-refractivity contribution in [3.63, 3.8) is 0 Å². The van der Waals surface area contributed by atoms with E-state index in [1.165, 1.54) is 11.8 Å². The van der Waals surface area contributed by atoms with Gasteiger partial charge in [0.15, 0.2) is 5.65 Å². The Hall–Kier alpha value is -4.25. The van der Waals surface area contributed by atoms with Crippen LogP contribution < -0.4 is 16.0 Å².